The molecule has 2 N–H and O–H groups in total. The van der Waals surface area contributed by atoms with Gasteiger partial charge in [-0.3, -0.25) is 9.11 Å². The zero-order valence-corrected chi connectivity index (χ0v) is 7.62. The van der Waals surface area contributed by atoms with Gasteiger partial charge >= 0.3 is 66.8 Å². The van der Waals surface area contributed by atoms with Crippen LogP contribution in [0.3, 0.4) is 0 Å². The molecule has 4 nitrogen and oxygen atoms in total. The maximum atomic E-state index is 12.3. The molecule has 7 heteroatoms. The van der Waals surface area contributed by atoms with Crippen molar-refractivity contribution < 1.29 is 21.9 Å². The summed E-state index contributed by atoms with van der Waals surface area (Å²) in [7, 11) is -4.67. The Morgan fingerprint density at radius 2 is 1.62 bits per heavy atom. The van der Waals surface area contributed by atoms with E-state index < -0.39 is 10.4 Å². The van der Waals surface area contributed by atoms with E-state index in [4.69, 9.17) is 17.5 Å². The van der Waals surface area contributed by atoms with Crippen LogP contribution in [0.2, 0.25) is 0 Å². The number of halogens is 1. The first-order valence-corrected chi connectivity index (χ1v) is 4.61. The van der Waals surface area contributed by atoms with Gasteiger partial charge in [0.1, 0.15) is 0 Å². The van der Waals surface area contributed by atoms with E-state index in [0.717, 1.165) is 0 Å². The summed E-state index contributed by atoms with van der Waals surface area (Å²) in [5, 5.41) is 0. The second kappa shape index (κ2) is 5.37. The summed E-state index contributed by atoms with van der Waals surface area (Å²) in [5.74, 6) is -0.132. The molecule has 0 amide bonds. The van der Waals surface area contributed by atoms with Gasteiger partial charge < -0.3 is 0 Å². The zero-order chi connectivity index (χ0) is 10.5. The fraction of sp³-hybridized carbons (Fsp3) is 0. The van der Waals surface area contributed by atoms with Crippen LogP contribution in [0.25, 0.3) is 0 Å². The normalized spacial score (nSPS) is 10.2. The Morgan fingerprint density at radius 3 is 1.85 bits per heavy atom. The van der Waals surface area contributed by atoms with Crippen molar-refractivity contribution in [3.8, 4) is 0 Å². The predicted octanol–water partition coefficient (Wildman–Crippen LogP) is -0.0333. The molecule has 0 unspecified atom stereocenters. The molecule has 0 heterocycles. The standard InChI is InChI=1S/C6H4F.Li.H2O4S/c7-6-4-2-1-3-5-6;;1-5(2,3)4/h1-4H;;(H2,1,2,3,4). The molecule has 0 fully saturated rings. The second-order valence-electron chi connectivity index (χ2n) is 2.20. The molecular formula is C6H6FLiO4S. The molecule has 0 atom stereocenters. The molecule has 13 heavy (non-hydrogen) atoms. The molecule has 1 aromatic rings. The van der Waals surface area contributed by atoms with Crippen LogP contribution < -0.4 is 4.24 Å². The maximum absolute atomic E-state index is 12.3. The molecule has 0 saturated carbocycles. The zero-order valence-electron chi connectivity index (χ0n) is 6.81. The van der Waals surface area contributed by atoms with Crippen molar-refractivity contribution in [2.75, 3.05) is 0 Å². The van der Waals surface area contributed by atoms with Gasteiger partial charge in [0.2, 0.25) is 0 Å². The third-order valence-corrected chi connectivity index (χ3v) is 1.08. The Bertz CT molecular complexity index is 336. The molecule has 0 bridgehead atoms. The van der Waals surface area contributed by atoms with E-state index in [-0.39, 0.29) is 5.82 Å². The minimum atomic E-state index is -4.67. The SMILES string of the molecule is O=S(=O)(O)O.[Li][c]1ccccc1F. The van der Waals surface area contributed by atoms with E-state index in [1.807, 2.05) is 6.07 Å². The van der Waals surface area contributed by atoms with Crippen molar-refractivity contribution in [3.63, 3.8) is 0 Å². The van der Waals surface area contributed by atoms with Crippen LogP contribution in [-0.4, -0.2) is 35.2 Å². The quantitative estimate of drug-likeness (QED) is 0.455. The van der Waals surface area contributed by atoms with Crippen molar-refractivity contribution in [1.29, 1.82) is 0 Å². The van der Waals surface area contributed by atoms with E-state index in [1.54, 1.807) is 29.8 Å². The molecule has 68 valence electrons. The number of benzene rings is 1. The predicted molar refractivity (Wildman–Crippen MR) is 46.0 cm³/mol. The van der Waals surface area contributed by atoms with Gasteiger partial charge in [-0.25, -0.2) is 0 Å². The van der Waals surface area contributed by atoms with Gasteiger partial charge in [0.15, 0.2) is 0 Å². The average molecular weight is 200 g/mol. The van der Waals surface area contributed by atoms with E-state index in [0.29, 0.717) is 4.24 Å². The van der Waals surface area contributed by atoms with E-state index >= 15 is 0 Å². The first-order chi connectivity index (χ1) is 5.80. The number of hydrogen-bond donors (Lipinski definition) is 2. The van der Waals surface area contributed by atoms with Gasteiger partial charge in [0.25, 0.3) is 0 Å². The molecule has 1 rings (SSSR count). The van der Waals surface area contributed by atoms with E-state index in [9.17, 15) is 4.39 Å². The summed E-state index contributed by atoms with van der Waals surface area (Å²) in [6.45, 7) is 0. The van der Waals surface area contributed by atoms with Crippen LogP contribution in [0.1, 0.15) is 0 Å². The molecule has 1 aromatic carbocycles. The van der Waals surface area contributed by atoms with Crippen LogP contribution in [0.4, 0.5) is 4.39 Å². The second-order valence-corrected chi connectivity index (χ2v) is 3.09. The Morgan fingerprint density at radius 1 is 1.23 bits per heavy atom. The molecular weight excluding hydrogens is 194 g/mol. The molecule has 0 saturated heterocycles. The van der Waals surface area contributed by atoms with Crippen molar-refractivity contribution in [1.82, 2.24) is 0 Å². The minimum absolute atomic E-state index is 0.132. The van der Waals surface area contributed by atoms with E-state index in [1.165, 1.54) is 6.07 Å². The Labute approximate surface area is 84.6 Å². The van der Waals surface area contributed by atoms with Crippen LogP contribution in [0, 0.1) is 5.82 Å². The van der Waals surface area contributed by atoms with Gasteiger partial charge in [-0.05, 0) is 0 Å². The fourth-order valence-electron chi connectivity index (χ4n) is 0.551. The number of hydrogen-bond acceptors (Lipinski definition) is 2. The molecule has 0 spiro atoms. The Kier molecular flexibility index (Phi) is 5.21. The third-order valence-electron chi connectivity index (χ3n) is 1.08. The van der Waals surface area contributed by atoms with Crippen LogP contribution in [0.5, 0.6) is 0 Å². The van der Waals surface area contributed by atoms with Gasteiger partial charge in [0, 0.05) is 0 Å². The monoisotopic (exact) mass is 200 g/mol. The summed E-state index contributed by atoms with van der Waals surface area (Å²) in [6, 6.07) is 6.70. The topological polar surface area (TPSA) is 74.6 Å². The summed E-state index contributed by atoms with van der Waals surface area (Å²) >= 11 is 1.75. The summed E-state index contributed by atoms with van der Waals surface area (Å²) in [6.07, 6.45) is 0. The van der Waals surface area contributed by atoms with Gasteiger partial charge in [0.05, 0.1) is 0 Å². The van der Waals surface area contributed by atoms with Gasteiger partial charge in [-0.2, -0.15) is 8.42 Å². The molecule has 0 aliphatic heterocycles. The van der Waals surface area contributed by atoms with Crippen LogP contribution >= 0.6 is 0 Å². The summed E-state index contributed by atoms with van der Waals surface area (Å²) in [5.41, 5.74) is 0. The molecule has 0 aliphatic rings. The van der Waals surface area contributed by atoms with E-state index in [2.05, 4.69) is 0 Å². The van der Waals surface area contributed by atoms with Crippen LogP contribution in [0.15, 0.2) is 24.3 Å². The molecule has 0 aromatic heterocycles. The summed E-state index contributed by atoms with van der Waals surface area (Å²) in [4.78, 5) is 0. The Balaban J connectivity index is 0.000000252. The third kappa shape index (κ3) is 9.53. The van der Waals surface area contributed by atoms with Crippen LogP contribution in [-0.2, 0) is 10.4 Å². The van der Waals surface area contributed by atoms with Crippen molar-refractivity contribution >= 4 is 32.4 Å². The summed E-state index contributed by atoms with van der Waals surface area (Å²) < 4.78 is 44.6. The fourth-order valence-corrected chi connectivity index (χ4v) is 0.551. The van der Waals surface area contributed by atoms with Gasteiger partial charge in [-0.1, -0.05) is 0 Å². The first kappa shape index (κ1) is 12.6. The average Bonchev–Trinajstić information content (AvgIpc) is 1.92. The molecule has 0 radical (unpaired) electrons. The molecule has 0 aliphatic carbocycles. The first-order valence-electron chi connectivity index (χ1n) is 3.21. The Hall–Kier alpha value is -0.383. The van der Waals surface area contributed by atoms with Crippen molar-refractivity contribution in [2.45, 2.75) is 0 Å². The van der Waals surface area contributed by atoms with Crippen molar-refractivity contribution in [2.24, 2.45) is 0 Å². The number of rotatable bonds is 0. The van der Waals surface area contributed by atoms with Crippen molar-refractivity contribution in [3.05, 3.63) is 30.1 Å². The van der Waals surface area contributed by atoms with Gasteiger partial charge in [-0.15, -0.1) is 0 Å².